The zero-order valence-electron chi connectivity index (χ0n) is 11.6. The van der Waals surface area contributed by atoms with Crippen LogP contribution in [-0.2, 0) is 11.7 Å². The van der Waals surface area contributed by atoms with Gasteiger partial charge in [0.05, 0.1) is 5.56 Å². The Kier molecular flexibility index (Phi) is 3.84. The van der Waals surface area contributed by atoms with Crippen LogP contribution in [0, 0.1) is 17.7 Å². The maximum Gasteiger partial charge on any atom is 0.419 e. The molecular formula is C15H19F4N. The van der Waals surface area contributed by atoms with Gasteiger partial charge in [0, 0.05) is 5.54 Å². The van der Waals surface area contributed by atoms with Crippen molar-refractivity contribution in [2.45, 2.75) is 44.8 Å². The second-order valence-corrected chi connectivity index (χ2v) is 5.89. The van der Waals surface area contributed by atoms with Gasteiger partial charge in [-0.3, -0.25) is 0 Å². The Labute approximate surface area is 116 Å². The first-order valence-corrected chi connectivity index (χ1v) is 6.82. The topological polar surface area (TPSA) is 26.0 Å². The molecule has 5 heteroatoms. The highest BCUT2D eigenvalue weighted by Gasteiger charge is 2.41. The quantitative estimate of drug-likeness (QED) is 0.759. The maximum absolute atomic E-state index is 13.7. The lowest BCUT2D eigenvalue weighted by atomic mass is 9.66. The molecule has 0 amide bonds. The average molecular weight is 289 g/mol. The third-order valence-corrected chi connectivity index (χ3v) is 4.73. The van der Waals surface area contributed by atoms with Crippen LogP contribution in [0.1, 0.15) is 44.2 Å². The molecule has 1 saturated carbocycles. The van der Waals surface area contributed by atoms with Gasteiger partial charge < -0.3 is 5.73 Å². The number of alkyl halides is 3. The normalized spacial score (nSPS) is 31.4. The molecule has 1 aliphatic carbocycles. The van der Waals surface area contributed by atoms with E-state index in [2.05, 4.69) is 6.92 Å². The van der Waals surface area contributed by atoms with Crippen LogP contribution in [0.15, 0.2) is 18.2 Å². The van der Waals surface area contributed by atoms with Gasteiger partial charge in [-0.15, -0.1) is 0 Å². The molecule has 1 nitrogen and oxygen atoms in total. The summed E-state index contributed by atoms with van der Waals surface area (Å²) in [5.74, 6) is -0.767. The minimum atomic E-state index is -4.67. The largest absolute Gasteiger partial charge is 0.419 e. The molecule has 1 fully saturated rings. The minimum Gasteiger partial charge on any atom is -0.321 e. The van der Waals surface area contributed by atoms with E-state index in [9.17, 15) is 17.6 Å². The monoisotopic (exact) mass is 289 g/mol. The van der Waals surface area contributed by atoms with Crippen LogP contribution in [0.4, 0.5) is 17.6 Å². The van der Waals surface area contributed by atoms with Gasteiger partial charge in [0.2, 0.25) is 0 Å². The summed E-state index contributed by atoms with van der Waals surface area (Å²) in [6.45, 7) is 4.06. The van der Waals surface area contributed by atoms with Gasteiger partial charge in [0.1, 0.15) is 5.82 Å². The van der Waals surface area contributed by atoms with Crippen LogP contribution < -0.4 is 5.73 Å². The lowest BCUT2D eigenvalue weighted by Gasteiger charge is -2.43. The summed E-state index contributed by atoms with van der Waals surface area (Å²) < 4.78 is 51.5. The number of hydrogen-bond donors (Lipinski definition) is 1. The molecule has 3 atom stereocenters. The third-order valence-electron chi connectivity index (χ3n) is 4.73. The van der Waals surface area contributed by atoms with Gasteiger partial charge in [-0.2, -0.15) is 13.2 Å². The Bertz CT molecular complexity index is 497. The van der Waals surface area contributed by atoms with Gasteiger partial charge in [-0.05, 0) is 36.0 Å². The molecule has 1 aliphatic rings. The van der Waals surface area contributed by atoms with Crippen LogP contribution in [0.3, 0.4) is 0 Å². The zero-order valence-corrected chi connectivity index (χ0v) is 11.6. The fraction of sp³-hybridized carbons (Fsp3) is 0.600. The van der Waals surface area contributed by atoms with Crippen molar-refractivity contribution in [3.63, 3.8) is 0 Å². The fourth-order valence-electron chi connectivity index (χ4n) is 3.14. The van der Waals surface area contributed by atoms with Gasteiger partial charge in [0.25, 0.3) is 0 Å². The van der Waals surface area contributed by atoms with E-state index >= 15 is 0 Å². The molecule has 112 valence electrons. The molecule has 0 spiro atoms. The summed E-state index contributed by atoms with van der Waals surface area (Å²) >= 11 is 0. The number of rotatable bonds is 1. The summed E-state index contributed by atoms with van der Waals surface area (Å²) in [5.41, 5.74) is 4.87. The van der Waals surface area contributed by atoms with E-state index < -0.39 is 23.1 Å². The second kappa shape index (κ2) is 5.02. The Balaban J connectivity index is 2.41. The lowest BCUT2D eigenvalue weighted by Crippen LogP contribution is -2.48. The predicted octanol–water partition coefficient (Wildman–Crippen LogP) is 4.45. The Hall–Kier alpha value is -1.10. The molecule has 1 aromatic rings. The van der Waals surface area contributed by atoms with Crippen molar-refractivity contribution < 1.29 is 17.6 Å². The first-order valence-electron chi connectivity index (χ1n) is 6.82. The Morgan fingerprint density at radius 2 is 1.90 bits per heavy atom. The van der Waals surface area contributed by atoms with E-state index in [1.165, 1.54) is 6.07 Å². The maximum atomic E-state index is 13.7. The highest BCUT2D eigenvalue weighted by molar-refractivity contribution is 5.32. The summed E-state index contributed by atoms with van der Waals surface area (Å²) in [6, 6.07) is 3.07. The minimum absolute atomic E-state index is 0.104. The molecule has 2 N–H and O–H groups in total. The van der Waals surface area contributed by atoms with Crippen molar-refractivity contribution in [3.8, 4) is 0 Å². The van der Waals surface area contributed by atoms with Crippen LogP contribution >= 0.6 is 0 Å². The van der Waals surface area contributed by atoms with Gasteiger partial charge >= 0.3 is 6.18 Å². The zero-order chi connectivity index (χ0) is 15.1. The molecular weight excluding hydrogens is 270 g/mol. The van der Waals surface area contributed by atoms with E-state index in [4.69, 9.17) is 5.73 Å². The molecule has 1 aromatic carbocycles. The van der Waals surface area contributed by atoms with Crippen molar-refractivity contribution in [3.05, 3.63) is 35.1 Å². The lowest BCUT2D eigenvalue weighted by molar-refractivity contribution is -0.140. The molecule has 20 heavy (non-hydrogen) atoms. The summed E-state index contributed by atoms with van der Waals surface area (Å²) in [4.78, 5) is 0. The first-order chi connectivity index (χ1) is 9.16. The smallest absolute Gasteiger partial charge is 0.321 e. The molecule has 0 aromatic heterocycles. The number of hydrogen-bond acceptors (Lipinski definition) is 1. The van der Waals surface area contributed by atoms with Crippen molar-refractivity contribution in [2.75, 3.05) is 0 Å². The Morgan fingerprint density at radius 3 is 2.45 bits per heavy atom. The summed E-state index contributed by atoms with van der Waals surface area (Å²) in [7, 11) is 0. The molecule has 0 bridgehead atoms. The summed E-state index contributed by atoms with van der Waals surface area (Å²) in [6.07, 6.45) is -2.05. The molecule has 3 unspecified atom stereocenters. The molecule has 0 aliphatic heterocycles. The van der Waals surface area contributed by atoms with Crippen molar-refractivity contribution in [1.29, 1.82) is 0 Å². The molecule has 0 saturated heterocycles. The highest BCUT2D eigenvalue weighted by atomic mass is 19.4. The standard InChI is InChI=1S/C15H19F4N/c1-9-4-3-7-14(20,10(9)2)11-5-6-12(13(16)8-11)15(17,18)19/h5-6,8-10H,3-4,7,20H2,1-2H3. The van der Waals surface area contributed by atoms with E-state index in [1.54, 1.807) is 0 Å². The number of benzene rings is 1. The number of nitrogens with two attached hydrogens (primary N) is 1. The SMILES string of the molecule is CC1CCCC(N)(c2ccc(C(F)(F)F)c(F)c2)C1C. The molecule has 2 rings (SSSR count). The average Bonchev–Trinajstić information content (AvgIpc) is 2.34. The first kappa shape index (κ1) is 15.3. The number of halogens is 4. The van der Waals surface area contributed by atoms with Crippen molar-refractivity contribution in [2.24, 2.45) is 17.6 Å². The molecule has 0 heterocycles. The fourth-order valence-corrected chi connectivity index (χ4v) is 3.14. The van der Waals surface area contributed by atoms with Crippen LogP contribution in [0.5, 0.6) is 0 Å². The van der Waals surface area contributed by atoms with E-state index in [0.717, 1.165) is 25.0 Å². The van der Waals surface area contributed by atoms with Crippen molar-refractivity contribution in [1.82, 2.24) is 0 Å². The van der Waals surface area contributed by atoms with E-state index in [0.29, 0.717) is 17.9 Å². The van der Waals surface area contributed by atoms with E-state index in [1.807, 2.05) is 6.92 Å². The predicted molar refractivity (Wildman–Crippen MR) is 69.4 cm³/mol. The van der Waals surface area contributed by atoms with Crippen molar-refractivity contribution >= 4 is 0 Å². The van der Waals surface area contributed by atoms with Crippen LogP contribution in [0.2, 0.25) is 0 Å². The van der Waals surface area contributed by atoms with Gasteiger partial charge in [0.15, 0.2) is 0 Å². The second-order valence-electron chi connectivity index (χ2n) is 5.89. The highest BCUT2D eigenvalue weighted by Crippen LogP contribution is 2.43. The van der Waals surface area contributed by atoms with Gasteiger partial charge in [-0.1, -0.05) is 32.8 Å². The third kappa shape index (κ3) is 2.55. The Morgan fingerprint density at radius 1 is 1.25 bits per heavy atom. The van der Waals surface area contributed by atoms with Crippen LogP contribution in [0.25, 0.3) is 0 Å². The van der Waals surface area contributed by atoms with Crippen LogP contribution in [-0.4, -0.2) is 0 Å². The summed E-state index contributed by atoms with van der Waals surface area (Å²) in [5, 5.41) is 0. The van der Waals surface area contributed by atoms with Gasteiger partial charge in [-0.25, -0.2) is 4.39 Å². The molecule has 0 radical (unpaired) electrons. The van der Waals surface area contributed by atoms with E-state index in [-0.39, 0.29) is 5.92 Å².